The first-order valence-electron chi connectivity index (χ1n) is 18.7. The third kappa shape index (κ3) is 8.34. The molecule has 54 heavy (non-hydrogen) atoms. The molecule has 3 N–H and O–H groups in total. The van der Waals surface area contributed by atoms with Gasteiger partial charge in [0, 0.05) is 50.6 Å². The van der Waals surface area contributed by atoms with E-state index in [0.717, 1.165) is 76.9 Å². The molecule has 0 aliphatic carbocycles. The standard InChI is InChI=1S/C43H48N4O7/c1-27-39(25-46-20-18-36(19-21-46)47-38-13-5-4-12-37(38)45-43(47)51)53-42(54-40(27)32-16-14-30(26-48)15-17-32)35-11-7-10-34(23-35)33-9-6-8-31(22-33)24-44-41(50)28(2)52-29(3)49/h4-17,22-23,27-28,36,39-40,42,48H,18-21,24-26H2,1-3H3,(H,44,50)(H,45,51). The lowest BCUT2D eigenvalue weighted by Crippen LogP contribution is -2.47. The van der Waals surface area contributed by atoms with Gasteiger partial charge in [-0.3, -0.25) is 14.2 Å². The van der Waals surface area contributed by atoms with Crippen LogP contribution >= 0.6 is 0 Å². The van der Waals surface area contributed by atoms with Gasteiger partial charge in [0.2, 0.25) is 0 Å². The third-order valence-electron chi connectivity index (χ3n) is 10.7. The number of para-hydroxylation sites is 2. The molecule has 0 bridgehead atoms. The van der Waals surface area contributed by atoms with Crippen molar-refractivity contribution < 1.29 is 28.9 Å². The minimum atomic E-state index is -0.871. The predicted octanol–water partition coefficient (Wildman–Crippen LogP) is 6.19. The summed E-state index contributed by atoms with van der Waals surface area (Å²) in [6.07, 6.45) is -0.141. The highest BCUT2D eigenvalue weighted by atomic mass is 16.7. The number of aromatic nitrogens is 2. The van der Waals surface area contributed by atoms with Gasteiger partial charge in [-0.15, -0.1) is 0 Å². The van der Waals surface area contributed by atoms with Crippen molar-refractivity contribution >= 4 is 22.9 Å². The molecule has 0 saturated carbocycles. The van der Waals surface area contributed by atoms with Gasteiger partial charge in [-0.25, -0.2) is 4.79 Å². The zero-order valence-electron chi connectivity index (χ0n) is 30.9. The quantitative estimate of drug-likeness (QED) is 0.137. The molecule has 4 aromatic carbocycles. The normalized spacial score (nSPS) is 21.5. The Morgan fingerprint density at radius 2 is 1.63 bits per heavy atom. The molecule has 0 radical (unpaired) electrons. The van der Waals surface area contributed by atoms with Crippen LogP contribution in [0.5, 0.6) is 0 Å². The van der Waals surface area contributed by atoms with Crippen LogP contribution in [0.3, 0.4) is 0 Å². The first-order chi connectivity index (χ1) is 26.2. The summed E-state index contributed by atoms with van der Waals surface area (Å²) in [5.41, 5.74) is 7.40. The number of carbonyl (C=O) groups excluding carboxylic acids is 2. The van der Waals surface area contributed by atoms with Crippen molar-refractivity contribution in [3.63, 3.8) is 0 Å². The van der Waals surface area contributed by atoms with Crippen LogP contribution in [0.4, 0.5) is 0 Å². The van der Waals surface area contributed by atoms with Crippen molar-refractivity contribution in [3.05, 3.63) is 130 Å². The van der Waals surface area contributed by atoms with Crippen LogP contribution in [-0.2, 0) is 37.0 Å². The fourth-order valence-electron chi connectivity index (χ4n) is 7.74. The Bertz CT molecular complexity index is 2140. The number of imidazole rings is 1. The van der Waals surface area contributed by atoms with E-state index in [2.05, 4.69) is 28.2 Å². The van der Waals surface area contributed by atoms with Crippen LogP contribution < -0.4 is 11.0 Å². The highest BCUT2D eigenvalue weighted by Gasteiger charge is 2.40. The first kappa shape index (κ1) is 37.3. The van der Waals surface area contributed by atoms with Crippen molar-refractivity contribution in [2.24, 2.45) is 5.92 Å². The average Bonchev–Trinajstić information content (AvgIpc) is 3.53. The van der Waals surface area contributed by atoms with Gasteiger partial charge >= 0.3 is 11.7 Å². The van der Waals surface area contributed by atoms with E-state index in [-0.39, 0.29) is 42.4 Å². The maximum absolute atomic E-state index is 12.9. The van der Waals surface area contributed by atoms with Crippen LogP contribution in [0.25, 0.3) is 22.2 Å². The maximum atomic E-state index is 12.9. The second-order valence-electron chi connectivity index (χ2n) is 14.5. The molecule has 5 unspecified atom stereocenters. The number of hydrogen-bond donors (Lipinski definition) is 3. The second-order valence-corrected chi connectivity index (χ2v) is 14.5. The fraction of sp³-hybridized carbons (Fsp3) is 0.372. The number of rotatable bonds is 11. The van der Waals surface area contributed by atoms with Crippen LogP contribution in [-0.4, -0.2) is 63.3 Å². The number of likely N-dealkylation sites (tertiary alicyclic amines) is 1. The van der Waals surface area contributed by atoms with Gasteiger partial charge in [0.15, 0.2) is 12.4 Å². The highest BCUT2D eigenvalue weighted by Crippen LogP contribution is 2.43. The Morgan fingerprint density at radius 1 is 0.907 bits per heavy atom. The van der Waals surface area contributed by atoms with Gasteiger partial charge in [-0.1, -0.05) is 79.7 Å². The first-order valence-corrected chi connectivity index (χ1v) is 18.7. The second kappa shape index (κ2) is 16.5. The molecule has 11 nitrogen and oxygen atoms in total. The highest BCUT2D eigenvalue weighted by molar-refractivity contribution is 5.83. The molecule has 11 heteroatoms. The van der Waals surface area contributed by atoms with Gasteiger partial charge in [0.05, 0.1) is 29.8 Å². The van der Waals surface area contributed by atoms with E-state index in [1.165, 1.54) is 6.92 Å². The van der Waals surface area contributed by atoms with E-state index in [4.69, 9.17) is 14.2 Å². The van der Waals surface area contributed by atoms with Gasteiger partial charge < -0.3 is 34.5 Å². The zero-order valence-corrected chi connectivity index (χ0v) is 30.9. The van der Waals surface area contributed by atoms with E-state index in [1.807, 2.05) is 95.6 Å². The number of hydrogen-bond acceptors (Lipinski definition) is 8. The number of amides is 1. The zero-order chi connectivity index (χ0) is 37.8. The summed E-state index contributed by atoms with van der Waals surface area (Å²) in [5, 5.41) is 12.5. The lowest BCUT2D eigenvalue weighted by Gasteiger charge is -2.44. The molecule has 1 aromatic heterocycles. The molecule has 2 aliphatic rings. The number of aliphatic hydroxyl groups is 1. The molecule has 0 spiro atoms. The number of ether oxygens (including phenoxy) is 3. The molecule has 2 saturated heterocycles. The number of fused-ring (bicyclic) bond motifs is 1. The maximum Gasteiger partial charge on any atom is 0.326 e. The van der Waals surface area contributed by atoms with Crippen molar-refractivity contribution in [1.29, 1.82) is 0 Å². The van der Waals surface area contributed by atoms with Crippen LogP contribution in [0.15, 0.2) is 102 Å². The lowest BCUT2D eigenvalue weighted by atomic mass is 9.89. The number of carbonyl (C=O) groups is 2. The number of aromatic amines is 1. The van der Waals surface area contributed by atoms with E-state index >= 15 is 0 Å². The van der Waals surface area contributed by atoms with Gasteiger partial charge in [-0.05, 0) is 71.8 Å². The minimum absolute atomic E-state index is 0.0237. The summed E-state index contributed by atoms with van der Waals surface area (Å²) in [6, 6.07) is 32.1. The molecule has 5 aromatic rings. The Hall–Kier alpha value is -5.07. The summed E-state index contributed by atoms with van der Waals surface area (Å²) >= 11 is 0. The molecular weight excluding hydrogens is 684 g/mol. The van der Waals surface area contributed by atoms with E-state index < -0.39 is 18.4 Å². The largest absolute Gasteiger partial charge is 0.453 e. The van der Waals surface area contributed by atoms with Crippen LogP contribution in [0, 0.1) is 5.92 Å². The summed E-state index contributed by atoms with van der Waals surface area (Å²) in [6.45, 7) is 7.69. The molecule has 1 amide bonds. The molecule has 3 heterocycles. The van der Waals surface area contributed by atoms with E-state index in [9.17, 15) is 19.5 Å². The van der Waals surface area contributed by atoms with Crippen molar-refractivity contribution in [1.82, 2.24) is 19.8 Å². The lowest BCUT2D eigenvalue weighted by molar-refractivity contribution is -0.276. The Kier molecular flexibility index (Phi) is 11.4. The number of nitrogens with zero attached hydrogens (tertiary/aromatic N) is 2. The molecule has 5 atom stereocenters. The predicted molar refractivity (Wildman–Crippen MR) is 205 cm³/mol. The number of nitrogens with one attached hydrogen (secondary N) is 2. The fourth-order valence-corrected chi connectivity index (χ4v) is 7.74. The average molecular weight is 733 g/mol. The van der Waals surface area contributed by atoms with Crippen LogP contribution in [0.2, 0.25) is 0 Å². The number of aliphatic hydroxyl groups excluding tert-OH is 1. The Morgan fingerprint density at radius 3 is 2.37 bits per heavy atom. The summed E-state index contributed by atoms with van der Waals surface area (Å²) in [5.74, 6) is -0.824. The van der Waals surface area contributed by atoms with Crippen LogP contribution in [0.1, 0.15) is 74.3 Å². The molecule has 7 rings (SSSR count). The Labute approximate surface area is 314 Å². The monoisotopic (exact) mass is 732 g/mol. The van der Waals surface area contributed by atoms with E-state index in [1.54, 1.807) is 6.92 Å². The van der Waals surface area contributed by atoms with Gasteiger partial charge in [0.1, 0.15) is 0 Å². The number of H-pyrrole nitrogens is 1. The summed E-state index contributed by atoms with van der Waals surface area (Å²) < 4.78 is 20.6. The number of piperidine rings is 1. The number of benzene rings is 4. The van der Waals surface area contributed by atoms with Crippen molar-refractivity contribution in [2.75, 3.05) is 19.6 Å². The molecule has 2 aliphatic heterocycles. The minimum Gasteiger partial charge on any atom is -0.453 e. The smallest absolute Gasteiger partial charge is 0.326 e. The molecule has 2 fully saturated rings. The molecule has 282 valence electrons. The number of esters is 1. The summed E-state index contributed by atoms with van der Waals surface area (Å²) in [7, 11) is 0. The topological polar surface area (TPSA) is 135 Å². The third-order valence-corrected chi connectivity index (χ3v) is 10.7. The van der Waals surface area contributed by atoms with E-state index in [0.29, 0.717) is 6.54 Å². The SMILES string of the molecule is CC(=O)OC(C)C(=O)NCc1cccc(-c2cccc(C3OC(CN4CCC(n5c(=O)[nH]c6ccccc65)CC4)C(C)C(c4ccc(CO)cc4)O3)c2)c1. The van der Waals surface area contributed by atoms with Crippen molar-refractivity contribution in [3.8, 4) is 11.1 Å². The summed E-state index contributed by atoms with van der Waals surface area (Å²) in [4.78, 5) is 42.1. The van der Waals surface area contributed by atoms with Gasteiger partial charge in [-0.2, -0.15) is 0 Å². The van der Waals surface area contributed by atoms with Crippen molar-refractivity contribution in [2.45, 2.75) is 77.4 Å². The molecular formula is C43H48N4O7. The van der Waals surface area contributed by atoms with Gasteiger partial charge in [0.25, 0.3) is 5.91 Å². The Balaban J connectivity index is 1.08.